The van der Waals surface area contributed by atoms with Gasteiger partial charge in [0.25, 0.3) is 0 Å². The van der Waals surface area contributed by atoms with Crippen LogP contribution in [0.25, 0.3) is 0 Å². The van der Waals surface area contributed by atoms with Crippen molar-refractivity contribution in [2.45, 2.75) is 120 Å². The molecule has 0 aromatic rings. The second-order valence-electron chi connectivity index (χ2n) is 17.5. The van der Waals surface area contributed by atoms with Crippen LogP contribution in [0, 0.1) is 0 Å². The van der Waals surface area contributed by atoms with Gasteiger partial charge in [0.2, 0.25) is 59.1 Å². The molecule has 17 N–H and O–H groups in total. The number of hydrogen-bond donors (Lipinski definition) is 17. The number of rotatable bonds is 42. The zero-order valence-corrected chi connectivity index (χ0v) is 45.2. The maximum Gasteiger partial charge on any atom is 0.305 e. The van der Waals surface area contributed by atoms with E-state index in [-0.39, 0.29) is 91.3 Å². The number of thiol groups is 1. The minimum atomic E-state index is -1.72. The Balaban J connectivity index is 2.74. The molecule has 0 aromatic carbocycles. The molecule has 0 aliphatic carbocycles. The number of carbonyl (C=O) groups excluding carboxylic acids is 10. The number of primary amides is 1. The molecule has 0 unspecified atom stereocenters. The van der Waals surface area contributed by atoms with Crippen LogP contribution in [0.3, 0.4) is 0 Å². The number of carboxylic acids is 2. The highest BCUT2D eigenvalue weighted by molar-refractivity contribution is 7.80. The summed E-state index contributed by atoms with van der Waals surface area (Å²) in [5.41, 5.74) is 5.13. The highest BCUT2D eigenvalue weighted by atomic mass is 32.1. The number of ether oxygens (including phenoxy) is 6. The summed E-state index contributed by atoms with van der Waals surface area (Å²) in [6, 6.07) is -8.57. The van der Waals surface area contributed by atoms with Crippen molar-refractivity contribution < 1.29 is 117 Å². The number of amides is 10. The molecule has 0 spiro atoms. The summed E-state index contributed by atoms with van der Waals surface area (Å²) < 4.78 is 31.6. The molecule has 1 fully saturated rings. The smallest absolute Gasteiger partial charge is 0.305 e. The second kappa shape index (κ2) is 39.9. The van der Waals surface area contributed by atoms with Crippen molar-refractivity contribution in [2.24, 2.45) is 5.73 Å². The number of carbonyl (C=O) groups is 12. The Bertz CT molecular complexity index is 2040. The molecular weight excluding hydrogens is 1100 g/mol. The molecule has 10 amide bonds. The predicted molar refractivity (Wildman–Crippen MR) is 272 cm³/mol. The molecule has 1 heterocycles. The first kappa shape index (κ1) is 71.6. The van der Waals surface area contributed by atoms with Crippen molar-refractivity contribution in [1.82, 2.24) is 47.9 Å². The fourth-order valence-electron chi connectivity index (χ4n) is 6.62. The first-order chi connectivity index (χ1) is 37.8. The lowest BCUT2D eigenvalue weighted by atomic mass is 9.99. The van der Waals surface area contributed by atoms with E-state index < -0.39 is 170 Å². The topological polar surface area (TPSA) is 516 Å². The Labute approximate surface area is 464 Å². The summed E-state index contributed by atoms with van der Waals surface area (Å²) in [6.45, 7) is 1.58. The van der Waals surface area contributed by atoms with E-state index in [1.165, 1.54) is 6.92 Å². The third-order valence-electron chi connectivity index (χ3n) is 10.9. The van der Waals surface area contributed by atoms with E-state index >= 15 is 0 Å². The van der Waals surface area contributed by atoms with Crippen LogP contribution >= 0.6 is 12.6 Å². The van der Waals surface area contributed by atoms with Gasteiger partial charge in [-0.2, -0.15) is 12.6 Å². The number of nitrogens with one attached hydrogen (secondary N) is 9. The third kappa shape index (κ3) is 30.3. The van der Waals surface area contributed by atoms with Crippen LogP contribution in [0.15, 0.2) is 0 Å². The molecule has 11 atom stereocenters. The van der Waals surface area contributed by atoms with Gasteiger partial charge in [0.05, 0.1) is 59.3 Å². The number of carboxylic acid groups (broad SMARTS) is 2. The number of aliphatic hydroxyl groups excluding tert-OH is 4. The maximum absolute atomic E-state index is 13.7. The zero-order chi connectivity index (χ0) is 60.3. The standard InChI is InChI=1S/C45H76N10O24S/c1-23(50-43(72)26(52-25(3)57)5-7-34(61)62)40(69)54-27(4-6-31(58)47-10-13-78-45-38(67)37(66)36(65)30(19-56)79-45)44(73)51-24(2)41(70)55-28(18-35(63)64)42(71)49-9-12-75-14-16-76-20-32(59)48-8-11-74-15-17-77-21-33(60)53-29(22-80)39(46)68/h23-24,26-30,36-38,45,56,65-67,80H,4-22H2,1-3H3,(H2,46,68)(H,47,58)(H,48,59)(H,49,71)(H,50,72)(H,51,73)(H,52,57)(H,53,60)(H,54,69)(H,55,70)(H,61,62)(H,63,64)/t23-,24-,26-,27-,28-,29-,30+,36-,37-,38+,45+/m0/s1. The van der Waals surface area contributed by atoms with Crippen molar-refractivity contribution in [3.8, 4) is 0 Å². The minimum absolute atomic E-state index is 0.0224. The summed E-state index contributed by atoms with van der Waals surface area (Å²) in [5, 5.41) is 79.3. The lowest BCUT2D eigenvalue weighted by Crippen LogP contribution is -2.59. The summed E-state index contributed by atoms with van der Waals surface area (Å²) in [4.78, 5) is 148. The van der Waals surface area contributed by atoms with Crippen LogP contribution < -0.4 is 53.6 Å². The number of hydrogen-bond acceptors (Lipinski definition) is 23. The maximum atomic E-state index is 13.7. The van der Waals surface area contributed by atoms with Gasteiger partial charge < -0.3 is 113 Å². The largest absolute Gasteiger partial charge is 0.481 e. The van der Waals surface area contributed by atoms with Gasteiger partial charge in [-0.3, -0.25) is 57.5 Å². The van der Waals surface area contributed by atoms with Crippen LogP contribution in [0.1, 0.15) is 52.9 Å². The molecule has 0 saturated carbocycles. The van der Waals surface area contributed by atoms with Crippen molar-refractivity contribution >= 4 is 83.6 Å². The third-order valence-corrected chi connectivity index (χ3v) is 11.3. The van der Waals surface area contributed by atoms with E-state index in [4.69, 9.17) is 39.3 Å². The van der Waals surface area contributed by atoms with E-state index in [0.717, 1.165) is 13.8 Å². The molecule has 1 saturated heterocycles. The lowest BCUT2D eigenvalue weighted by molar-refractivity contribution is -0.300. The first-order valence-corrected chi connectivity index (χ1v) is 25.6. The van der Waals surface area contributed by atoms with Gasteiger partial charge in [-0.1, -0.05) is 0 Å². The van der Waals surface area contributed by atoms with E-state index in [0.29, 0.717) is 0 Å². The zero-order valence-electron chi connectivity index (χ0n) is 44.3. The van der Waals surface area contributed by atoms with Gasteiger partial charge >= 0.3 is 11.9 Å². The fourth-order valence-corrected chi connectivity index (χ4v) is 6.89. The molecule has 0 aromatic heterocycles. The molecule has 0 radical (unpaired) electrons. The van der Waals surface area contributed by atoms with Gasteiger partial charge in [0, 0.05) is 45.2 Å². The highest BCUT2D eigenvalue weighted by Crippen LogP contribution is 2.21. The van der Waals surface area contributed by atoms with E-state index in [1.807, 2.05) is 0 Å². The average Bonchev–Trinajstić information content (AvgIpc) is 3.39. The molecule has 1 aliphatic heterocycles. The highest BCUT2D eigenvalue weighted by Gasteiger charge is 2.44. The van der Waals surface area contributed by atoms with Gasteiger partial charge in [-0.25, -0.2) is 0 Å². The van der Waals surface area contributed by atoms with Crippen LogP contribution in [0.2, 0.25) is 0 Å². The van der Waals surface area contributed by atoms with Crippen molar-refractivity contribution in [3.63, 3.8) is 0 Å². The van der Waals surface area contributed by atoms with Crippen molar-refractivity contribution in [1.29, 1.82) is 0 Å². The van der Waals surface area contributed by atoms with Gasteiger partial charge in [-0.05, 0) is 26.7 Å². The van der Waals surface area contributed by atoms with Crippen LogP contribution in [-0.4, -0.2) is 260 Å². The van der Waals surface area contributed by atoms with E-state index in [9.17, 15) is 83.1 Å². The molecule has 0 bridgehead atoms. The normalized spacial score (nSPS) is 19.0. The Morgan fingerprint density at radius 2 is 1.04 bits per heavy atom. The number of aliphatic carboxylic acids is 2. The summed E-state index contributed by atoms with van der Waals surface area (Å²) in [5.74, 6) is -10.9. The minimum Gasteiger partial charge on any atom is -0.481 e. The monoisotopic (exact) mass is 1170 g/mol. The fraction of sp³-hybridized carbons (Fsp3) is 0.733. The quantitative estimate of drug-likeness (QED) is 0.0199. The second-order valence-corrected chi connectivity index (χ2v) is 17.9. The molecule has 1 aliphatic rings. The Morgan fingerprint density at radius 1 is 0.537 bits per heavy atom. The molecular formula is C45H76N10O24S. The van der Waals surface area contributed by atoms with E-state index in [2.05, 4.69) is 60.5 Å². The van der Waals surface area contributed by atoms with Gasteiger partial charge in [-0.15, -0.1) is 0 Å². The van der Waals surface area contributed by atoms with Crippen molar-refractivity contribution in [3.05, 3.63) is 0 Å². The van der Waals surface area contributed by atoms with Gasteiger partial charge in [0.15, 0.2) is 6.29 Å². The SMILES string of the molecule is CC(=O)N[C@@H](CCC(=O)O)C(=O)N[C@@H](C)C(=O)N[C@@H](CCC(=O)NCCO[C@@H]1O[C@H](CO)[C@H](O)[C@H](O)[C@H]1O)C(=O)N[C@@H](C)C(=O)N[C@@H](CC(=O)O)C(=O)NCCOCCOCC(=O)NCCOCCOCC(=O)N[C@@H](CS)C(N)=O. The molecule has 80 heavy (non-hydrogen) atoms. The lowest BCUT2D eigenvalue weighted by Gasteiger charge is -2.39. The van der Waals surface area contributed by atoms with Gasteiger partial charge in [0.1, 0.15) is 73.9 Å². The molecule has 35 heteroatoms. The van der Waals surface area contributed by atoms with Crippen LogP contribution in [0.5, 0.6) is 0 Å². The summed E-state index contributed by atoms with van der Waals surface area (Å²) in [7, 11) is 0. The van der Waals surface area contributed by atoms with E-state index in [1.54, 1.807) is 0 Å². The van der Waals surface area contributed by atoms with Crippen LogP contribution in [-0.2, 0) is 86.0 Å². The number of nitrogens with two attached hydrogens (primary N) is 1. The Hall–Kier alpha value is -6.41. The van der Waals surface area contributed by atoms with Crippen LogP contribution in [0.4, 0.5) is 0 Å². The summed E-state index contributed by atoms with van der Waals surface area (Å²) in [6.07, 6.45) is -10.6. The molecule has 456 valence electrons. The molecule has 1 rings (SSSR count). The first-order valence-electron chi connectivity index (χ1n) is 25.0. The molecule has 34 nitrogen and oxygen atoms in total. The Morgan fingerprint density at radius 3 is 1.56 bits per heavy atom. The number of aliphatic hydroxyl groups is 4. The Kier molecular flexibility index (Phi) is 35.7. The summed E-state index contributed by atoms with van der Waals surface area (Å²) >= 11 is 3.92. The predicted octanol–water partition coefficient (Wildman–Crippen LogP) is -9.28. The average molecular weight is 1170 g/mol. The van der Waals surface area contributed by atoms with Crippen molar-refractivity contribution in [2.75, 3.05) is 91.5 Å².